The van der Waals surface area contributed by atoms with Crippen LogP contribution in [0.2, 0.25) is 5.02 Å². The standard InChI is InChI=1S/C14H22ClNO3/c1-11(16)9-12-3-4-14(13(15)10-12)19-8-7-18-6-5-17-2/h3-4,10-11H,5-9,16H2,1-2H3. The van der Waals surface area contributed by atoms with Crippen LogP contribution in [0.1, 0.15) is 12.5 Å². The summed E-state index contributed by atoms with van der Waals surface area (Å²) in [6.45, 7) is 4.11. The van der Waals surface area contributed by atoms with Gasteiger partial charge in [0.25, 0.3) is 0 Å². The summed E-state index contributed by atoms with van der Waals surface area (Å²) < 4.78 is 15.7. The molecule has 0 saturated carbocycles. The minimum Gasteiger partial charge on any atom is -0.490 e. The molecular weight excluding hydrogens is 266 g/mol. The number of hydrogen-bond donors (Lipinski definition) is 1. The second kappa shape index (κ2) is 9.15. The molecule has 5 heteroatoms. The van der Waals surface area contributed by atoms with E-state index < -0.39 is 0 Å². The van der Waals surface area contributed by atoms with Crippen molar-refractivity contribution in [2.24, 2.45) is 5.73 Å². The number of ether oxygens (including phenoxy) is 3. The summed E-state index contributed by atoms with van der Waals surface area (Å²) in [5.74, 6) is 0.672. The summed E-state index contributed by atoms with van der Waals surface area (Å²) in [4.78, 5) is 0. The normalized spacial score (nSPS) is 12.4. The zero-order valence-corrected chi connectivity index (χ0v) is 12.3. The molecule has 0 aromatic heterocycles. The molecule has 0 aliphatic carbocycles. The fourth-order valence-corrected chi connectivity index (χ4v) is 1.87. The average molecular weight is 288 g/mol. The maximum atomic E-state index is 6.15. The number of methoxy groups -OCH3 is 1. The molecule has 1 aromatic carbocycles. The molecule has 0 aliphatic heterocycles. The van der Waals surface area contributed by atoms with E-state index in [-0.39, 0.29) is 6.04 Å². The average Bonchev–Trinajstić information content (AvgIpc) is 2.35. The fourth-order valence-electron chi connectivity index (χ4n) is 1.62. The molecule has 4 nitrogen and oxygen atoms in total. The van der Waals surface area contributed by atoms with E-state index in [1.54, 1.807) is 7.11 Å². The van der Waals surface area contributed by atoms with Crippen LogP contribution >= 0.6 is 11.6 Å². The number of hydrogen-bond acceptors (Lipinski definition) is 4. The lowest BCUT2D eigenvalue weighted by molar-refractivity contribution is 0.0544. The number of halogens is 1. The molecule has 0 amide bonds. The number of nitrogens with two attached hydrogens (primary N) is 1. The van der Waals surface area contributed by atoms with E-state index in [1.165, 1.54) is 0 Å². The molecule has 1 unspecified atom stereocenters. The first-order valence-electron chi connectivity index (χ1n) is 6.37. The molecular formula is C14H22ClNO3. The highest BCUT2D eigenvalue weighted by atomic mass is 35.5. The Kier molecular flexibility index (Phi) is 7.82. The van der Waals surface area contributed by atoms with E-state index in [4.69, 9.17) is 31.5 Å². The van der Waals surface area contributed by atoms with Crippen LogP contribution in [0.15, 0.2) is 18.2 Å². The van der Waals surface area contributed by atoms with Crippen LogP contribution in [0.5, 0.6) is 5.75 Å². The minimum atomic E-state index is 0.122. The van der Waals surface area contributed by atoms with Gasteiger partial charge in [0.1, 0.15) is 12.4 Å². The predicted octanol–water partition coefficient (Wildman–Crippen LogP) is 2.27. The molecule has 1 atom stereocenters. The quantitative estimate of drug-likeness (QED) is 0.708. The molecule has 0 fully saturated rings. The molecule has 1 rings (SSSR count). The first kappa shape index (κ1) is 16.2. The highest BCUT2D eigenvalue weighted by Crippen LogP contribution is 2.25. The highest BCUT2D eigenvalue weighted by molar-refractivity contribution is 6.32. The Morgan fingerprint density at radius 2 is 1.95 bits per heavy atom. The van der Waals surface area contributed by atoms with Crippen LogP contribution in [-0.2, 0) is 15.9 Å². The van der Waals surface area contributed by atoms with E-state index in [0.717, 1.165) is 12.0 Å². The van der Waals surface area contributed by atoms with Crippen molar-refractivity contribution in [2.45, 2.75) is 19.4 Å². The maximum Gasteiger partial charge on any atom is 0.138 e. The largest absolute Gasteiger partial charge is 0.490 e. The highest BCUT2D eigenvalue weighted by Gasteiger charge is 2.04. The molecule has 1 aromatic rings. The fraction of sp³-hybridized carbons (Fsp3) is 0.571. The Morgan fingerprint density at radius 1 is 1.21 bits per heavy atom. The van der Waals surface area contributed by atoms with Gasteiger partial charge in [-0.25, -0.2) is 0 Å². The summed E-state index contributed by atoms with van der Waals surface area (Å²) in [5, 5.41) is 0.607. The van der Waals surface area contributed by atoms with Crippen LogP contribution in [0.3, 0.4) is 0 Å². The van der Waals surface area contributed by atoms with Gasteiger partial charge in [0, 0.05) is 13.2 Å². The zero-order valence-electron chi connectivity index (χ0n) is 11.5. The van der Waals surface area contributed by atoms with Crippen LogP contribution in [0.4, 0.5) is 0 Å². The SMILES string of the molecule is COCCOCCOc1ccc(CC(C)N)cc1Cl. The Hall–Kier alpha value is -0.810. The molecule has 19 heavy (non-hydrogen) atoms. The van der Waals surface area contributed by atoms with Crippen LogP contribution in [-0.4, -0.2) is 39.6 Å². The summed E-state index contributed by atoms with van der Waals surface area (Å²) in [6.07, 6.45) is 0.806. The number of rotatable bonds is 9. The van der Waals surface area contributed by atoms with Gasteiger partial charge in [-0.3, -0.25) is 0 Å². The third kappa shape index (κ3) is 6.78. The first-order chi connectivity index (χ1) is 9.13. The van der Waals surface area contributed by atoms with Crippen molar-refractivity contribution in [3.05, 3.63) is 28.8 Å². The lowest BCUT2D eigenvalue weighted by Crippen LogP contribution is -2.17. The Morgan fingerprint density at radius 3 is 2.58 bits per heavy atom. The second-order valence-electron chi connectivity index (χ2n) is 4.40. The Balaban J connectivity index is 2.34. The van der Waals surface area contributed by atoms with E-state index in [0.29, 0.717) is 37.2 Å². The van der Waals surface area contributed by atoms with Crippen molar-refractivity contribution in [2.75, 3.05) is 33.5 Å². The summed E-state index contributed by atoms with van der Waals surface area (Å²) in [7, 11) is 1.64. The van der Waals surface area contributed by atoms with Crippen molar-refractivity contribution in [3.8, 4) is 5.75 Å². The van der Waals surface area contributed by atoms with E-state index in [9.17, 15) is 0 Å². The van der Waals surface area contributed by atoms with Crippen molar-refractivity contribution in [1.29, 1.82) is 0 Å². The number of benzene rings is 1. The predicted molar refractivity (Wildman–Crippen MR) is 77.0 cm³/mol. The maximum absolute atomic E-state index is 6.15. The van der Waals surface area contributed by atoms with Gasteiger partial charge in [-0.2, -0.15) is 0 Å². The van der Waals surface area contributed by atoms with Gasteiger partial charge in [0.15, 0.2) is 0 Å². The van der Waals surface area contributed by atoms with Crippen LogP contribution in [0.25, 0.3) is 0 Å². The minimum absolute atomic E-state index is 0.122. The molecule has 0 spiro atoms. The molecule has 0 heterocycles. The second-order valence-corrected chi connectivity index (χ2v) is 4.81. The molecule has 0 saturated heterocycles. The van der Waals surface area contributed by atoms with Gasteiger partial charge >= 0.3 is 0 Å². The molecule has 0 aliphatic rings. The van der Waals surface area contributed by atoms with Crippen LogP contribution < -0.4 is 10.5 Å². The van der Waals surface area contributed by atoms with Crippen molar-refractivity contribution >= 4 is 11.6 Å². The van der Waals surface area contributed by atoms with Gasteiger partial charge in [-0.15, -0.1) is 0 Å². The van der Waals surface area contributed by atoms with Gasteiger partial charge in [-0.1, -0.05) is 17.7 Å². The van der Waals surface area contributed by atoms with Gasteiger partial charge < -0.3 is 19.9 Å². The lowest BCUT2D eigenvalue weighted by atomic mass is 10.1. The lowest BCUT2D eigenvalue weighted by Gasteiger charge is -2.11. The van der Waals surface area contributed by atoms with Crippen LogP contribution in [0, 0.1) is 0 Å². The van der Waals surface area contributed by atoms with E-state index in [2.05, 4.69) is 0 Å². The third-order valence-corrected chi connectivity index (χ3v) is 2.77. The Labute approximate surface area is 119 Å². The summed E-state index contributed by atoms with van der Waals surface area (Å²) in [5.41, 5.74) is 6.86. The van der Waals surface area contributed by atoms with E-state index in [1.807, 2.05) is 25.1 Å². The smallest absolute Gasteiger partial charge is 0.138 e. The summed E-state index contributed by atoms with van der Waals surface area (Å²) in [6, 6.07) is 5.87. The van der Waals surface area contributed by atoms with Crippen molar-refractivity contribution < 1.29 is 14.2 Å². The zero-order chi connectivity index (χ0) is 14.1. The van der Waals surface area contributed by atoms with Crippen molar-refractivity contribution in [1.82, 2.24) is 0 Å². The molecule has 2 N–H and O–H groups in total. The van der Waals surface area contributed by atoms with Gasteiger partial charge in [0.2, 0.25) is 0 Å². The van der Waals surface area contributed by atoms with E-state index >= 15 is 0 Å². The third-order valence-electron chi connectivity index (χ3n) is 2.47. The van der Waals surface area contributed by atoms with Gasteiger partial charge in [0.05, 0.1) is 24.8 Å². The monoisotopic (exact) mass is 287 g/mol. The van der Waals surface area contributed by atoms with Crippen molar-refractivity contribution in [3.63, 3.8) is 0 Å². The molecule has 0 bridgehead atoms. The first-order valence-corrected chi connectivity index (χ1v) is 6.74. The molecule has 108 valence electrons. The van der Waals surface area contributed by atoms with Gasteiger partial charge in [-0.05, 0) is 31.0 Å². The Bertz CT molecular complexity index is 372. The topological polar surface area (TPSA) is 53.7 Å². The molecule has 0 radical (unpaired) electrons. The summed E-state index contributed by atoms with van der Waals surface area (Å²) >= 11 is 6.15.